The topological polar surface area (TPSA) is 150 Å². The van der Waals surface area contributed by atoms with Crippen LogP contribution in [-0.2, 0) is 25.7 Å². The quantitative estimate of drug-likeness (QED) is 0.427. The van der Waals surface area contributed by atoms with Crippen LogP contribution in [0.15, 0.2) is 54.6 Å². The zero-order chi connectivity index (χ0) is 24.2. The largest absolute Gasteiger partial charge is 0.481 e. The van der Waals surface area contributed by atoms with Crippen molar-refractivity contribution in [2.45, 2.75) is 26.3 Å². The number of carboxylic acid groups (broad SMARTS) is 3. The molecule has 0 radical (unpaired) electrons. The molecule has 2 aromatic carbocycles. The monoisotopic (exact) mass is 455 g/mol. The van der Waals surface area contributed by atoms with E-state index in [1.807, 2.05) is 30.3 Å². The highest BCUT2D eigenvalue weighted by Crippen LogP contribution is 2.59. The number of hydrogen-bond donors (Lipinski definition) is 4. The Morgan fingerprint density at radius 1 is 0.848 bits per heavy atom. The summed E-state index contributed by atoms with van der Waals surface area (Å²) < 4.78 is 5.71. The zero-order valence-corrected chi connectivity index (χ0v) is 17.9. The predicted octanol–water partition coefficient (Wildman–Crippen LogP) is 3.00. The van der Waals surface area contributed by atoms with Gasteiger partial charge in [-0.3, -0.25) is 19.2 Å². The van der Waals surface area contributed by atoms with Crippen LogP contribution in [0.1, 0.15) is 25.3 Å². The Labute approximate surface area is 190 Å². The Morgan fingerprint density at radius 3 is 1.88 bits per heavy atom. The van der Waals surface area contributed by atoms with E-state index in [4.69, 9.17) is 4.74 Å². The highest BCUT2D eigenvalue weighted by atomic mass is 16.5. The normalized spacial score (nSPS) is 23.7. The predicted molar refractivity (Wildman–Crippen MR) is 116 cm³/mol. The number of carbonyl (C=O) groups excluding carboxylic acids is 1. The third kappa shape index (κ3) is 4.52. The molecule has 0 saturated heterocycles. The zero-order valence-electron chi connectivity index (χ0n) is 17.9. The lowest BCUT2D eigenvalue weighted by Gasteiger charge is -2.54. The molecule has 9 heteroatoms. The molecule has 9 nitrogen and oxygen atoms in total. The number of para-hydroxylation sites is 1. The summed E-state index contributed by atoms with van der Waals surface area (Å²) in [6.45, 7) is 1.71. The molecule has 33 heavy (non-hydrogen) atoms. The first-order valence-electron chi connectivity index (χ1n) is 10.5. The summed E-state index contributed by atoms with van der Waals surface area (Å²) in [7, 11) is 0. The van der Waals surface area contributed by atoms with Gasteiger partial charge in [-0.05, 0) is 36.2 Å². The van der Waals surface area contributed by atoms with Gasteiger partial charge in [0.1, 0.15) is 11.5 Å². The fraction of sp³-hybridized carbons (Fsp3) is 0.333. The highest BCUT2D eigenvalue weighted by Gasteiger charge is 2.73. The molecule has 0 aliphatic heterocycles. The molecule has 1 fully saturated rings. The van der Waals surface area contributed by atoms with Gasteiger partial charge in [-0.25, -0.2) is 0 Å². The van der Waals surface area contributed by atoms with Crippen molar-refractivity contribution in [2.24, 2.45) is 23.2 Å². The SMILES string of the molecule is CCC[C@]1(C(=O)NCc2ccc(Oc3ccccc3)cc2)[C@@H](C(=O)O)[C@H](C(=O)O)[C@@H]1C(=O)O. The van der Waals surface area contributed by atoms with Crippen molar-refractivity contribution in [3.05, 3.63) is 60.2 Å². The smallest absolute Gasteiger partial charge is 0.308 e. The van der Waals surface area contributed by atoms with Crippen LogP contribution in [0.25, 0.3) is 0 Å². The summed E-state index contributed by atoms with van der Waals surface area (Å²) in [5.41, 5.74) is -1.16. The van der Waals surface area contributed by atoms with E-state index in [0.29, 0.717) is 23.5 Å². The second kappa shape index (κ2) is 9.72. The van der Waals surface area contributed by atoms with E-state index in [-0.39, 0.29) is 13.0 Å². The lowest BCUT2D eigenvalue weighted by atomic mass is 9.44. The number of benzene rings is 2. The van der Waals surface area contributed by atoms with Crippen molar-refractivity contribution in [1.29, 1.82) is 0 Å². The van der Waals surface area contributed by atoms with Gasteiger partial charge >= 0.3 is 17.9 Å². The van der Waals surface area contributed by atoms with Crippen LogP contribution in [0.3, 0.4) is 0 Å². The van der Waals surface area contributed by atoms with Crippen molar-refractivity contribution in [1.82, 2.24) is 5.32 Å². The number of amides is 1. The molecule has 1 amide bonds. The van der Waals surface area contributed by atoms with Crippen LogP contribution in [0.5, 0.6) is 11.5 Å². The van der Waals surface area contributed by atoms with Crippen LogP contribution in [0.4, 0.5) is 0 Å². The van der Waals surface area contributed by atoms with Gasteiger partial charge in [-0.2, -0.15) is 0 Å². The number of nitrogens with one attached hydrogen (secondary N) is 1. The molecule has 4 N–H and O–H groups in total. The minimum absolute atomic E-state index is 0.0202. The highest BCUT2D eigenvalue weighted by molar-refractivity contribution is 6.00. The maximum Gasteiger partial charge on any atom is 0.308 e. The van der Waals surface area contributed by atoms with Gasteiger partial charge in [0.05, 0.1) is 23.2 Å². The molecule has 0 aromatic heterocycles. The summed E-state index contributed by atoms with van der Waals surface area (Å²) in [6.07, 6.45) is 0.263. The van der Waals surface area contributed by atoms with E-state index in [1.165, 1.54) is 0 Å². The van der Waals surface area contributed by atoms with E-state index >= 15 is 0 Å². The molecule has 0 unspecified atom stereocenters. The molecule has 3 rings (SSSR count). The van der Waals surface area contributed by atoms with Gasteiger partial charge in [0.25, 0.3) is 0 Å². The standard InChI is InChI=1S/C24H25NO8/c1-2-12-24(18(21(28)29)17(20(26)27)19(24)22(30)31)23(32)25-13-14-8-10-16(11-9-14)33-15-6-4-3-5-7-15/h3-11,17-19H,2,12-13H2,1H3,(H,25,32)(H,26,27)(H,28,29)(H,30,31)/t17-,18-,19-,24-/m1/s1. The lowest BCUT2D eigenvalue weighted by molar-refractivity contribution is -0.206. The van der Waals surface area contributed by atoms with Crippen LogP contribution >= 0.6 is 0 Å². The molecule has 2 atom stereocenters. The number of carboxylic acids is 3. The number of hydrogen-bond acceptors (Lipinski definition) is 5. The molecule has 174 valence electrons. The Hall–Kier alpha value is -3.88. The summed E-state index contributed by atoms with van der Waals surface area (Å²) in [5.74, 6) is -8.98. The summed E-state index contributed by atoms with van der Waals surface area (Å²) in [5, 5.41) is 31.3. The third-order valence-electron chi connectivity index (χ3n) is 6.09. The van der Waals surface area contributed by atoms with Crippen LogP contribution < -0.4 is 10.1 Å². The molecule has 1 aliphatic rings. The summed E-state index contributed by atoms with van der Waals surface area (Å²) in [4.78, 5) is 48.5. The Kier molecular flexibility index (Phi) is 7.01. The Balaban J connectivity index is 1.76. The number of rotatable bonds is 10. The van der Waals surface area contributed by atoms with Crippen molar-refractivity contribution in [3.63, 3.8) is 0 Å². The maximum atomic E-state index is 13.2. The van der Waals surface area contributed by atoms with Crippen LogP contribution in [0.2, 0.25) is 0 Å². The molecule has 0 spiro atoms. The molecule has 0 bridgehead atoms. The van der Waals surface area contributed by atoms with E-state index < -0.39 is 47.0 Å². The molecule has 0 heterocycles. The fourth-order valence-electron chi connectivity index (χ4n) is 4.71. The maximum absolute atomic E-state index is 13.2. The molecular formula is C24H25NO8. The molecule has 2 aromatic rings. The van der Waals surface area contributed by atoms with Gasteiger partial charge < -0.3 is 25.4 Å². The lowest BCUT2D eigenvalue weighted by Crippen LogP contribution is -2.70. The number of ether oxygens (including phenoxy) is 1. The van der Waals surface area contributed by atoms with Crippen molar-refractivity contribution < 1.29 is 39.2 Å². The second-order valence-corrected chi connectivity index (χ2v) is 8.03. The first-order valence-corrected chi connectivity index (χ1v) is 10.5. The van der Waals surface area contributed by atoms with Crippen molar-refractivity contribution >= 4 is 23.8 Å². The van der Waals surface area contributed by atoms with E-state index in [9.17, 15) is 34.5 Å². The van der Waals surface area contributed by atoms with Crippen LogP contribution in [0, 0.1) is 23.2 Å². The fourth-order valence-corrected chi connectivity index (χ4v) is 4.71. The minimum atomic E-state index is -1.84. The average molecular weight is 455 g/mol. The van der Waals surface area contributed by atoms with Gasteiger partial charge in [0, 0.05) is 6.54 Å². The van der Waals surface area contributed by atoms with Crippen molar-refractivity contribution in [2.75, 3.05) is 0 Å². The van der Waals surface area contributed by atoms with E-state index in [1.54, 1.807) is 31.2 Å². The van der Waals surface area contributed by atoms with Crippen molar-refractivity contribution in [3.8, 4) is 11.5 Å². The van der Waals surface area contributed by atoms with Gasteiger partial charge in [-0.15, -0.1) is 0 Å². The summed E-state index contributed by atoms with van der Waals surface area (Å²) in [6, 6.07) is 16.0. The minimum Gasteiger partial charge on any atom is -0.481 e. The Bertz CT molecular complexity index is 1010. The summed E-state index contributed by atoms with van der Waals surface area (Å²) >= 11 is 0. The van der Waals surface area contributed by atoms with Gasteiger partial charge in [0.2, 0.25) is 5.91 Å². The number of carbonyl (C=O) groups is 4. The first kappa shape index (κ1) is 23.8. The number of aliphatic carboxylic acids is 3. The second-order valence-electron chi connectivity index (χ2n) is 8.03. The van der Waals surface area contributed by atoms with E-state index in [0.717, 1.165) is 0 Å². The average Bonchev–Trinajstić information content (AvgIpc) is 2.75. The Morgan fingerprint density at radius 2 is 1.39 bits per heavy atom. The van der Waals surface area contributed by atoms with Gasteiger partial charge in [0.15, 0.2) is 0 Å². The molecular weight excluding hydrogens is 430 g/mol. The molecule has 1 aliphatic carbocycles. The van der Waals surface area contributed by atoms with Gasteiger partial charge in [-0.1, -0.05) is 43.7 Å². The third-order valence-corrected chi connectivity index (χ3v) is 6.09. The molecule has 1 saturated carbocycles. The van der Waals surface area contributed by atoms with E-state index in [2.05, 4.69) is 5.32 Å². The van der Waals surface area contributed by atoms with Crippen LogP contribution in [-0.4, -0.2) is 39.1 Å². The first-order chi connectivity index (χ1) is 15.7.